The maximum absolute atomic E-state index is 13.8. The number of benzene rings is 2. The van der Waals surface area contributed by atoms with Gasteiger partial charge in [-0.3, -0.25) is 0 Å². The molecule has 0 fully saturated rings. The first-order chi connectivity index (χ1) is 16.1. The Labute approximate surface area is 194 Å². The van der Waals surface area contributed by atoms with Gasteiger partial charge in [-0.1, -0.05) is 35.6 Å². The lowest BCUT2D eigenvalue weighted by Crippen LogP contribution is -2.09. The molecule has 0 saturated heterocycles. The van der Waals surface area contributed by atoms with E-state index in [4.69, 9.17) is 0 Å². The van der Waals surface area contributed by atoms with Crippen LogP contribution < -0.4 is 0 Å². The number of aromatic nitrogens is 3. The first-order valence-corrected chi connectivity index (χ1v) is 10.8. The molecule has 2 heterocycles. The number of rotatable bonds is 6. The van der Waals surface area contributed by atoms with Crippen LogP contribution in [0.2, 0.25) is 0 Å². The Morgan fingerprint density at radius 3 is 2.41 bits per heavy atom. The van der Waals surface area contributed by atoms with Crippen LogP contribution >= 0.6 is 11.3 Å². The van der Waals surface area contributed by atoms with Crippen molar-refractivity contribution < 1.29 is 32.6 Å². The molecule has 6 nitrogen and oxygen atoms in total. The molecule has 2 aromatic carbocycles. The van der Waals surface area contributed by atoms with Crippen LogP contribution in [-0.2, 0) is 12.6 Å². The molecule has 0 aliphatic heterocycles. The van der Waals surface area contributed by atoms with E-state index in [0.717, 1.165) is 28.2 Å². The number of alkyl halides is 3. The number of aryl methyl sites for hydroxylation is 1. The molecule has 0 spiro atoms. The normalized spacial score (nSPS) is 11.7. The van der Waals surface area contributed by atoms with E-state index in [1.807, 2.05) is 0 Å². The minimum Gasteiger partial charge on any atom is -0.476 e. The van der Waals surface area contributed by atoms with Gasteiger partial charge in [-0.2, -0.15) is 23.0 Å². The van der Waals surface area contributed by atoms with Crippen LogP contribution in [0.4, 0.5) is 17.6 Å². The van der Waals surface area contributed by atoms with Crippen LogP contribution in [0, 0.1) is 12.7 Å². The molecule has 4 rings (SSSR count). The van der Waals surface area contributed by atoms with Gasteiger partial charge in [-0.15, -0.1) is 0 Å². The van der Waals surface area contributed by atoms with Gasteiger partial charge in [0.05, 0.1) is 17.0 Å². The summed E-state index contributed by atoms with van der Waals surface area (Å²) in [5.74, 6) is -1.85. The minimum atomic E-state index is -4.49. The van der Waals surface area contributed by atoms with E-state index in [-0.39, 0.29) is 29.4 Å². The van der Waals surface area contributed by atoms with Crippen molar-refractivity contribution in [2.24, 2.45) is 0 Å². The van der Waals surface area contributed by atoms with Gasteiger partial charge in [0.1, 0.15) is 5.82 Å². The lowest BCUT2D eigenvalue weighted by atomic mass is 10.0. The van der Waals surface area contributed by atoms with E-state index < -0.39 is 23.5 Å². The Balaban J connectivity index is 1.86. The van der Waals surface area contributed by atoms with Crippen molar-refractivity contribution in [3.63, 3.8) is 0 Å². The minimum absolute atomic E-state index is 0.154. The molecular weight excluding hydrogens is 474 g/mol. The van der Waals surface area contributed by atoms with E-state index in [1.54, 1.807) is 13.0 Å². The number of carboxylic acid groups (broad SMARTS) is 1. The highest BCUT2D eigenvalue weighted by molar-refractivity contribution is 7.14. The lowest BCUT2D eigenvalue weighted by Gasteiger charge is -2.07. The van der Waals surface area contributed by atoms with Gasteiger partial charge < -0.3 is 10.2 Å². The Morgan fingerprint density at radius 2 is 1.82 bits per heavy atom. The maximum Gasteiger partial charge on any atom is 0.416 e. The second kappa shape index (κ2) is 8.99. The number of nitrogens with zero attached hydrogens (tertiary/aromatic N) is 3. The number of aliphatic hydroxyl groups is 1. The van der Waals surface area contributed by atoms with Crippen LogP contribution in [0.25, 0.3) is 27.5 Å². The largest absolute Gasteiger partial charge is 0.476 e. The predicted octanol–water partition coefficient (Wildman–Crippen LogP) is 5.36. The first-order valence-electron chi connectivity index (χ1n) is 9.97. The number of hydrogen-bond acceptors (Lipinski definition) is 5. The summed E-state index contributed by atoms with van der Waals surface area (Å²) < 4.78 is 53.7. The number of hydrogen-bond donors (Lipinski definition) is 2. The molecule has 11 heteroatoms. The number of aliphatic hydroxyl groups excluding tert-OH is 1. The van der Waals surface area contributed by atoms with E-state index in [9.17, 15) is 32.6 Å². The molecule has 0 unspecified atom stereocenters. The molecule has 0 atom stereocenters. The van der Waals surface area contributed by atoms with Crippen LogP contribution in [-0.4, -0.2) is 37.6 Å². The van der Waals surface area contributed by atoms with Crippen molar-refractivity contribution in [1.29, 1.82) is 0 Å². The monoisotopic (exact) mass is 491 g/mol. The fourth-order valence-corrected chi connectivity index (χ4v) is 4.63. The Kier molecular flexibility index (Phi) is 6.24. The molecule has 0 radical (unpaired) electrons. The fraction of sp³-hybridized carbons (Fsp3) is 0.174. The highest BCUT2D eigenvalue weighted by Crippen LogP contribution is 2.36. The molecule has 0 bridgehead atoms. The van der Waals surface area contributed by atoms with Crippen molar-refractivity contribution in [2.45, 2.75) is 19.5 Å². The second-order valence-corrected chi connectivity index (χ2v) is 8.42. The average molecular weight is 491 g/mol. The van der Waals surface area contributed by atoms with Crippen LogP contribution in [0.15, 0.2) is 48.5 Å². The van der Waals surface area contributed by atoms with E-state index in [1.165, 1.54) is 30.3 Å². The molecule has 176 valence electrons. The average Bonchev–Trinajstić information content (AvgIpc) is 3.34. The molecule has 0 aliphatic carbocycles. The zero-order valence-corrected chi connectivity index (χ0v) is 18.4. The Morgan fingerprint density at radius 1 is 1.12 bits per heavy atom. The van der Waals surface area contributed by atoms with Crippen LogP contribution in [0.3, 0.4) is 0 Å². The summed E-state index contributed by atoms with van der Waals surface area (Å²) in [6.45, 7) is 1.34. The molecule has 0 aliphatic rings. The van der Waals surface area contributed by atoms with Gasteiger partial charge in [0.15, 0.2) is 5.69 Å². The third-order valence-electron chi connectivity index (χ3n) is 5.07. The van der Waals surface area contributed by atoms with Crippen LogP contribution in [0.1, 0.15) is 26.6 Å². The summed E-state index contributed by atoms with van der Waals surface area (Å²) in [5.41, 5.74) is 0.540. The zero-order valence-electron chi connectivity index (χ0n) is 17.6. The van der Waals surface area contributed by atoms with E-state index >= 15 is 0 Å². The molecule has 2 N–H and O–H groups in total. The number of thiazole rings is 1. The van der Waals surface area contributed by atoms with Gasteiger partial charge in [0.25, 0.3) is 0 Å². The Bertz CT molecular complexity index is 1360. The molecule has 34 heavy (non-hydrogen) atoms. The van der Waals surface area contributed by atoms with Gasteiger partial charge in [0.2, 0.25) is 5.13 Å². The van der Waals surface area contributed by atoms with Crippen LogP contribution in [0.5, 0.6) is 0 Å². The standard InChI is InChI=1S/C23H17F4N3O3S/c1-12-18(14-3-2-4-16(24)11-14)20(21(32)33)30(29-12)22-28-19(17(34-22)9-10-31)13-5-7-15(8-6-13)23(25,26)27/h2-8,11,31H,9-10H2,1H3,(H,32,33). The molecule has 0 amide bonds. The summed E-state index contributed by atoms with van der Waals surface area (Å²) >= 11 is 1.06. The summed E-state index contributed by atoms with van der Waals surface area (Å²) in [4.78, 5) is 17.2. The third-order valence-corrected chi connectivity index (χ3v) is 6.16. The highest BCUT2D eigenvalue weighted by atomic mass is 32.1. The predicted molar refractivity (Wildman–Crippen MR) is 118 cm³/mol. The van der Waals surface area contributed by atoms with Crippen molar-refractivity contribution >= 4 is 17.3 Å². The van der Waals surface area contributed by atoms with Crippen molar-refractivity contribution in [3.8, 4) is 27.5 Å². The maximum atomic E-state index is 13.8. The summed E-state index contributed by atoms with van der Waals surface area (Å²) in [5, 5.41) is 23.9. The van der Waals surface area contributed by atoms with Crippen molar-refractivity contribution in [1.82, 2.24) is 14.8 Å². The SMILES string of the molecule is Cc1nn(-c2nc(-c3ccc(C(F)(F)F)cc3)c(CCO)s2)c(C(=O)O)c1-c1cccc(F)c1. The quantitative estimate of drug-likeness (QED) is 0.355. The lowest BCUT2D eigenvalue weighted by molar-refractivity contribution is -0.137. The highest BCUT2D eigenvalue weighted by Gasteiger charge is 2.30. The number of halogens is 4. The topological polar surface area (TPSA) is 88.2 Å². The number of carboxylic acids is 1. The number of carbonyl (C=O) groups is 1. The number of aromatic carboxylic acids is 1. The Hall–Kier alpha value is -3.57. The molecule has 2 aromatic heterocycles. The molecule has 4 aromatic rings. The van der Waals surface area contributed by atoms with Crippen molar-refractivity contribution in [3.05, 3.63) is 76.2 Å². The van der Waals surface area contributed by atoms with Gasteiger partial charge in [-0.05, 0) is 36.8 Å². The summed E-state index contributed by atoms with van der Waals surface area (Å²) in [6.07, 6.45) is -4.33. The second-order valence-electron chi connectivity index (χ2n) is 7.35. The van der Waals surface area contributed by atoms with Gasteiger partial charge in [0, 0.05) is 29.0 Å². The zero-order chi connectivity index (χ0) is 24.6. The summed E-state index contributed by atoms with van der Waals surface area (Å²) in [6, 6.07) is 9.87. The van der Waals surface area contributed by atoms with Crippen molar-refractivity contribution in [2.75, 3.05) is 6.61 Å². The van der Waals surface area contributed by atoms with E-state index in [0.29, 0.717) is 27.4 Å². The smallest absolute Gasteiger partial charge is 0.416 e. The molecular formula is C23H17F4N3O3S. The fourth-order valence-electron chi connectivity index (χ4n) is 3.60. The van der Waals surface area contributed by atoms with E-state index in [2.05, 4.69) is 10.1 Å². The van der Waals surface area contributed by atoms with Gasteiger partial charge >= 0.3 is 12.1 Å². The molecule has 0 saturated carbocycles. The summed E-state index contributed by atoms with van der Waals surface area (Å²) in [7, 11) is 0. The first kappa shape index (κ1) is 23.6. The third kappa shape index (κ3) is 4.44. The van der Waals surface area contributed by atoms with Gasteiger partial charge in [-0.25, -0.2) is 14.2 Å².